The fraction of sp³-hybridized carbons (Fsp3) is 0.625. The number of rotatable bonds is 2. The maximum absolute atomic E-state index is 5.76. The highest BCUT2D eigenvalue weighted by atomic mass is 15.2. The molecule has 0 spiro atoms. The van der Waals surface area contributed by atoms with Gasteiger partial charge in [-0.05, 0) is 57.2 Å². The average Bonchev–Trinajstić information content (AvgIpc) is 2.26. The summed E-state index contributed by atoms with van der Waals surface area (Å²) >= 11 is 0. The van der Waals surface area contributed by atoms with Gasteiger partial charge >= 0.3 is 0 Å². The van der Waals surface area contributed by atoms with Crippen LogP contribution in [0.15, 0.2) is 18.2 Å². The predicted molar refractivity (Wildman–Crippen MR) is 79.1 cm³/mol. The Morgan fingerprint density at radius 2 is 2.06 bits per heavy atom. The van der Waals surface area contributed by atoms with Gasteiger partial charge in [0, 0.05) is 23.8 Å². The van der Waals surface area contributed by atoms with Gasteiger partial charge in [0.05, 0.1) is 0 Å². The molecule has 0 unspecified atom stereocenters. The molecule has 2 rings (SSSR count). The van der Waals surface area contributed by atoms with Crippen LogP contribution in [0.25, 0.3) is 0 Å². The molecule has 1 heterocycles. The maximum atomic E-state index is 5.76. The Morgan fingerprint density at radius 3 is 2.61 bits per heavy atom. The molecule has 1 aliphatic heterocycles. The standard InChI is InChI=1S/C16H26N2/c1-11(2)18-15-7-6-13(10-17)8-14(15)12(3)9-16(18,4)5/h6-8,11-12H,9-10,17H2,1-5H3/t12-/m0/s1. The quantitative estimate of drug-likeness (QED) is 0.863. The summed E-state index contributed by atoms with van der Waals surface area (Å²) in [6.07, 6.45) is 1.20. The summed E-state index contributed by atoms with van der Waals surface area (Å²) < 4.78 is 0. The van der Waals surface area contributed by atoms with Crippen molar-refractivity contribution in [2.75, 3.05) is 4.90 Å². The van der Waals surface area contributed by atoms with Gasteiger partial charge in [0.1, 0.15) is 0 Å². The predicted octanol–water partition coefficient (Wildman–Crippen LogP) is 3.65. The van der Waals surface area contributed by atoms with Crippen molar-refractivity contribution in [3.63, 3.8) is 0 Å². The Bertz CT molecular complexity index is 435. The fourth-order valence-corrected chi connectivity index (χ4v) is 3.61. The number of hydrogen-bond acceptors (Lipinski definition) is 2. The molecule has 1 aromatic rings. The van der Waals surface area contributed by atoms with E-state index in [9.17, 15) is 0 Å². The highest BCUT2D eigenvalue weighted by Gasteiger charge is 2.37. The Kier molecular flexibility index (Phi) is 3.41. The lowest BCUT2D eigenvalue weighted by molar-refractivity contribution is 0.356. The number of anilines is 1. The van der Waals surface area contributed by atoms with Gasteiger partial charge in [0.2, 0.25) is 0 Å². The first-order valence-electron chi connectivity index (χ1n) is 6.99. The molecule has 0 amide bonds. The molecule has 2 heteroatoms. The molecular formula is C16H26N2. The lowest BCUT2D eigenvalue weighted by Crippen LogP contribution is -2.51. The summed E-state index contributed by atoms with van der Waals surface area (Å²) in [4.78, 5) is 2.56. The largest absolute Gasteiger partial charge is 0.364 e. The van der Waals surface area contributed by atoms with Gasteiger partial charge < -0.3 is 10.6 Å². The van der Waals surface area contributed by atoms with Crippen LogP contribution in [0.5, 0.6) is 0 Å². The smallest absolute Gasteiger partial charge is 0.0408 e. The molecule has 18 heavy (non-hydrogen) atoms. The number of hydrogen-bond donors (Lipinski definition) is 1. The average molecular weight is 246 g/mol. The van der Waals surface area contributed by atoms with E-state index in [1.165, 1.54) is 23.2 Å². The summed E-state index contributed by atoms with van der Waals surface area (Å²) in [5.74, 6) is 0.608. The minimum Gasteiger partial charge on any atom is -0.364 e. The SMILES string of the molecule is CC(C)N1c2ccc(CN)cc2[C@@H](C)CC1(C)C. The second kappa shape index (κ2) is 4.58. The highest BCUT2D eigenvalue weighted by Crippen LogP contribution is 2.44. The van der Waals surface area contributed by atoms with Gasteiger partial charge in [0.15, 0.2) is 0 Å². The minimum absolute atomic E-state index is 0.227. The van der Waals surface area contributed by atoms with Gasteiger partial charge in [0.25, 0.3) is 0 Å². The first-order chi connectivity index (χ1) is 8.36. The Morgan fingerprint density at radius 1 is 1.39 bits per heavy atom. The third-order valence-corrected chi connectivity index (χ3v) is 4.09. The van der Waals surface area contributed by atoms with E-state index in [0.29, 0.717) is 18.5 Å². The van der Waals surface area contributed by atoms with Crippen molar-refractivity contribution in [2.24, 2.45) is 5.73 Å². The second-order valence-electron chi connectivity index (χ2n) is 6.48. The van der Waals surface area contributed by atoms with Crippen LogP contribution >= 0.6 is 0 Å². The highest BCUT2D eigenvalue weighted by molar-refractivity contribution is 5.61. The Labute approximate surface area is 111 Å². The zero-order valence-electron chi connectivity index (χ0n) is 12.3. The Hall–Kier alpha value is -1.02. The van der Waals surface area contributed by atoms with Crippen LogP contribution in [0.4, 0.5) is 5.69 Å². The normalized spacial score (nSPS) is 22.2. The van der Waals surface area contributed by atoms with E-state index < -0.39 is 0 Å². The van der Waals surface area contributed by atoms with E-state index in [1.807, 2.05) is 0 Å². The molecule has 1 atom stereocenters. The maximum Gasteiger partial charge on any atom is 0.0408 e. The molecule has 0 saturated heterocycles. The van der Waals surface area contributed by atoms with Gasteiger partial charge in [-0.2, -0.15) is 0 Å². The fourth-order valence-electron chi connectivity index (χ4n) is 3.61. The van der Waals surface area contributed by atoms with Crippen molar-refractivity contribution in [3.8, 4) is 0 Å². The number of fused-ring (bicyclic) bond motifs is 1. The zero-order chi connectivity index (χ0) is 13.5. The van der Waals surface area contributed by atoms with Crippen LogP contribution < -0.4 is 10.6 Å². The first-order valence-corrected chi connectivity index (χ1v) is 6.99. The molecule has 0 aliphatic carbocycles. The molecule has 0 radical (unpaired) electrons. The molecule has 2 nitrogen and oxygen atoms in total. The van der Waals surface area contributed by atoms with Crippen LogP contribution in [0, 0.1) is 0 Å². The van der Waals surface area contributed by atoms with Crippen molar-refractivity contribution < 1.29 is 0 Å². The van der Waals surface area contributed by atoms with Crippen molar-refractivity contribution >= 4 is 5.69 Å². The second-order valence-corrected chi connectivity index (χ2v) is 6.48. The van der Waals surface area contributed by atoms with Gasteiger partial charge in [-0.1, -0.05) is 19.1 Å². The molecule has 1 aliphatic rings. The number of benzene rings is 1. The third kappa shape index (κ3) is 2.14. The molecule has 0 bridgehead atoms. The van der Waals surface area contributed by atoms with Crippen molar-refractivity contribution in [1.29, 1.82) is 0 Å². The van der Waals surface area contributed by atoms with E-state index in [2.05, 4.69) is 57.7 Å². The van der Waals surface area contributed by atoms with Crippen molar-refractivity contribution in [2.45, 2.75) is 65.1 Å². The van der Waals surface area contributed by atoms with Gasteiger partial charge in [-0.25, -0.2) is 0 Å². The first kappa shape index (κ1) is 13.4. The molecular weight excluding hydrogens is 220 g/mol. The van der Waals surface area contributed by atoms with Crippen molar-refractivity contribution in [1.82, 2.24) is 0 Å². The molecule has 0 fully saturated rings. The summed E-state index contributed by atoms with van der Waals surface area (Å²) in [7, 11) is 0. The number of nitrogens with zero attached hydrogens (tertiary/aromatic N) is 1. The van der Waals surface area contributed by atoms with E-state index >= 15 is 0 Å². The van der Waals surface area contributed by atoms with Crippen LogP contribution in [0.1, 0.15) is 58.1 Å². The molecule has 0 aromatic heterocycles. The van der Waals surface area contributed by atoms with Crippen LogP contribution in [-0.2, 0) is 6.54 Å². The van der Waals surface area contributed by atoms with E-state index in [0.717, 1.165) is 0 Å². The lowest BCUT2D eigenvalue weighted by atomic mass is 9.79. The summed E-state index contributed by atoms with van der Waals surface area (Å²) in [5.41, 5.74) is 10.1. The van der Waals surface area contributed by atoms with Gasteiger partial charge in [-0.3, -0.25) is 0 Å². The minimum atomic E-state index is 0.227. The third-order valence-electron chi connectivity index (χ3n) is 4.09. The van der Waals surface area contributed by atoms with E-state index in [4.69, 9.17) is 5.73 Å². The monoisotopic (exact) mass is 246 g/mol. The number of nitrogens with two attached hydrogens (primary N) is 1. The van der Waals surface area contributed by atoms with Crippen LogP contribution in [-0.4, -0.2) is 11.6 Å². The lowest BCUT2D eigenvalue weighted by Gasteiger charge is -2.50. The van der Waals surface area contributed by atoms with E-state index in [-0.39, 0.29) is 5.54 Å². The van der Waals surface area contributed by atoms with E-state index in [1.54, 1.807) is 0 Å². The van der Waals surface area contributed by atoms with Crippen LogP contribution in [0.3, 0.4) is 0 Å². The zero-order valence-corrected chi connectivity index (χ0v) is 12.3. The van der Waals surface area contributed by atoms with Crippen LogP contribution in [0.2, 0.25) is 0 Å². The Balaban J connectivity index is 2.54. The molecule has 100 valence electrons. The summed E-state index contributed by atoms with van der Waals surface area (Å²) in [6, 6.07) is 7.25. The van der Waals surface area contributed by atoms with Gasteiger partial charge in [-0.15, -0.1) is 0 Å². The molecule has 0 saturated carbocycles. The summed E-state index contributed by atoms with van der Waals surface area (Å²) in [6.45, 7) is 12.2. The molecule has 2 N–H and O–H groups in total. The topological polar surface area (TPSA) is 29.3 Å². The molecule has 1 aromatic carbocycles. The summed E-state index contributed by atoms with van der Waals surface area (Å²) in [5, 5.41) is 0. The van der Waals surface area contributed by atoms with Crippen molar-refractivity contribution in [3.05, 3.63) is 29.3 Å².